The van der Waals surface area contributed by atoms with Crippen molar-refractivity contribution in [1.29, 1.82) is 0 Å². The van der Waals surface area contributed by atoms with E-state index in [1.807, 2.05) is 22.2 Å². The van der Waals surface area contributed by atoms with Gasteiger partial charge < -0.3 is 9.88 Å². The predicted molar refractivity (Wildman–Crippen MR) is 99.7 cm³/mol. The molecule has 1 fully saturated rings. The molecule has 0 aliphatic heterocycles. The van der Waals surface area contributed by atoms with E-state index >= 15 is 0 Å². The SMILES string of the molecule is CCCn1cnnc1[C@H](C)NC(=O)Nc1ccnn1CC1CCCCC1. The van der Waals surface area contributed by atoms with Gasteiger partial charge in [0.15, 0.2) is 5.82 Å². The first kappa shape index (κ1) is 18.4. The van der Waals surface area contributed by atoms with Gasteiger partial charge in [-0.2, -0.15) is 5.10 Å². The summed E-state index contributed by atoms with van der Waals surface area (Å²) in [6, 6.07) is 1.36. The average Bonchev–Trinajstić information content (AvgIpc) is 3.26. The highest BCUT2D eigenvalue weighted by molar-refractivity contribution is 5.88. The number of nitrogens with zero attached hydrogens (tertiary/aromatic N) is 5. The fourth-order valence-electron chi connectivity index (χ4n) is 3.62. The van der Waals surface area contributed by atoms with Gasteiger partial charge in [0.2, 0.25) is 0 Å². The van der Waals surface area contributed by atoms with Gasteiger partial charge in [0.05, 0.1) is 12.2 Å². The fourth-order valence-corrected chi connectivity index (χ4v) is 3.62. The Morgan fingerprint density at radius 3 is 2.92 bits per heavy atom. The largest absolute Gasteiger partial charge is 0.328 e. The Morgan fingerprint density at radius 1 is 1.35 bits per heavy atom. The summed E-state index contributed by atoms with van der Waals surface area (Å²) in [4.78, 5) is 12.4. The minimum absolute atomic E-state index is 0.223. The lowest BCUT2D eigenvalue weighted by Gasteiger charge is -2.22. The second kappa shape index (κ2) is 8.82. The fraction of sp³-hybridized carbons (Fsp3) is 0.667. The third-order valence-electron chi connectivity index (χ3n) is 4.96. The summed E-state index contributed by atoms with van der Waals surface area (Å²) in [6.07, 6.45) is 10.9. The van der Waals surface area contributed by atoms with Crippen LogP contribution in [0.25, 0.3) is 0 Å². The van der Waals surface area contributed by atoms with Crippen LogP contribution < -0.4 is 10.6 Å². The maximum atomic E-state index is 12.4. The Balaban J connectivity index is 1.56. The number of amides is 2. The van der Waals surface area contributed by atoms with Crippen LogP contribution in [0.15, 0.2) is 18.6 Å². The van der Waals surface area contributed by atoms with Crippen molar-refractivity contribution in [2.24, 2.45) is 5.92 Å². The molecule has 0 unspecified atom stereocenters. The number of carbonyl (C=O) groups is 1. The summed E-state index contributed by atoms with van der Waals surface area (Å²) in [5, 5.41) is 18.3. The maximum absolute atomic E-state index is 12.4. The quantitative estimate of drug-likeness (QED) is 0.793. The van der Waals surface area contributed by atoms with Gasteiger partial charge in [-0.15, -0.1) is 10.2 Å². The molecule has 0 spiro atoms. The molecule has 0 saturated heterocycles. The summed E-state index contributed by atoms with van der Waals surface area (Å²) in [5.41, 5.74) is 0. The summed E-state index contributed by atoms with van der Waals surface area (Å²) in [6.45, 7) is 5.71. The molecule has 1 aliphatic carbocycles. The highest BCUT2D eigenvalue weighted by atomic mass is 16.2. The van der Waals surface area contributed by atoms with Crippen LogP contribution in [-0.4, -0.2) is 30.6 Å². The zero-order valence-electron chi connectivity index (χ0n) is 15.7. The van der Waals surface area contributed by atoms with Crippen molar-refractivity contribution in [1.82, 2.24) is 29.9 Å². The van der Waals surface area contributed by atoms with E-state index in [2.05, 4.69) is 32.9 Å². The molecule has 0 radical (unpaired) electrons. The Kier molecular flexibility index (Phi) is 6.25. The minimum Gasteiger partial charge on any atom is -0.328 e. The molecule has 0 bridgehead atoms. The lowest BCUT2D eigenvalue weighted by atomic mass is 9.89. The standard InChI is InChI=1S/C18H29N7O/c1-3-11-24-13-19-23-17(24)14(2)21-18(26)22-16-9-10-20-25(16)12-15-7-5-4-6-8-15/h9-10,13-15H,3-8,11-12H2,1-2H3,(H2,21,22,26)/t14-/m0/s1. The summed E-state index contributed by atoms with van der Waals surface area (Å²) < 4.78 is 3.87. The van der Waals surface area contributed by atoms with Gasteiger partial charge >= 0.3 is 6.03 Å². The lowest BCUT2D eigenvalue weighted by Crippen LogP contribution is -2.33. The number of carbonyl (C=O) groups excluding carboxylic acids is 1. The molecule has 1 aliphatic rings. The molecule has 0 aromatic carbocycles. The van der Waals surface area contributed by atoms with Gasteiger partial charge in [-0.3, -0.25) is 5.32 Å². The smallest absolute Gasteiger partial charge is 0.320 e. The van der Waals surface area contributed by atoms with Crippen LogP contribution in [0.4, 0.5) is 10.6 Å². The molecule has 1 saturated carbocycles. The topological polar surface area (TPSA) is 89.7 Å². The number of hydrogen-bond donors (Lipinski definition) is 2. The maximum Gasteiger partial charge on any atom is 0.320 e. The summed E-state index contributed by atoms with van der Waals surface area (Å²) in [5.74, 6) is 2.15. The van der Waals surface area contributed by atoms with Crippen molar-refractivity contribution in [2.75, 3.05) is 5.32 Å². The molecule has 2 N–H and O–H groups in total. The molecular weight excluding hydrogens is 330 g/mol. The molecule has 142 valence electrons. The first-order valence-corrected chi connectivity index (χ1v) is 9.64. The van der Waals surface area contributed by atoms with E-state index in [9.17, 15) is 4.79 Å². The average molecular weight is 359 g/mol. The summed E-state index contributed by atoms with van der Waals surface area (Å²) >= 11 is 0. The zero-order chi connectivity index (χ0) is 18.4. The Morgan fingerprint density at radius 2 is 2.15 bits per heavy atom. The van der Waals surface area contributed by atoms with Gasteiger partial charge in [0, 0.05) is 19.2 Å². The highest BCUT2D eigenvalue weighted by Gasteiger charge is 2.18. The number of hydrogen-bond acceptors (Lipinski definition) is 4. The van der Waals surface area contributed by atoms with Crippen molar-refractivity contribution in [3.05, 3.63) is 24.4 Å². The van der Waals surface area contributed by atoms with Crippen LogP contribution >= 0.6 is 0 Å². The number of rotatable bonds is 7. The molecule has 2 amide bonds. The van der Waals surface area contributed by atoms with Crippen LogP contribution in [0.3, 0.4) is 0 Å². The highest BCUT2D eigenvalue weighted by Crippen LogP contribution is 2.25. The normalized spacial score (nSPS) is 16.4. The minimum atomic E-state index is -0.256. The van der Waals surface area contributed by atoms with Crippen molar-refractivity contribution in [2.45, 2.75) is 71.5 Å². The molecule has 2 aromatic heterocycles. The molecule has 26 heavy (non-hydrogen) atoms. The number of anilines is 1. The number of nitrogens with one attached hydrogen (secondary N) is 2. The van der Waals surface area contributed by atoms with E-state index in [0.29, 0.717) is 5.92 Å². The van der Waals surface area contributed by atoms with E-state index in [-0.39, 0.29) is 12.1 Å². The summed E-state index contributed by atoms with van der Waals surface area (Å²) in [7, 11) is 0. The van der Waals surface area contributed by atoms with Gasteiger partial charge in [-0.25, -0.2) is 9.48 Å². The van der Waals surface area contributed by atoms with Crippen LogP contribution in [0.1, 0.15) is 64.2 Å². The first-order valence-electron chi connectivity index (χ1n) is 9.64. The Bertz CT molecular complexity index is 702. The van der Waals surface area contributed by atoms with Crippen molar-refractivity contribution in [3.63, 3.8) is 0 Å². The first-order chi connectivity index (χ1) is 12.7. The van der Waals surface area contributed by atoms with E-state index in [0.717, 1.165) is 31.2 Å². The van der Waals surface area contributed by atoms with E-state index in [4.69, 9.17) is 0 Å². The molecule has 2 heterocycles. The van der Waals surface area contributed by atoms with Crippen LogP contribution in [0.5, 0.6) is 0 Å². The van der Waals surface area contributed by atoms with Crippen LogP contribution in [-0.2, 0) is 13.1 Å². The Hall–Kier alpha value is -2.38. The molecule has 2 aromatic rings. The third-order valence-corrected chi connectivity index (χ3v) is 4.96. The number of aryl methyl sites for hydroxylation is 1. The van der Waals surface area contributed by atoms with Crippen molar-refractivity contribution >= 4 is 11.8 Å². The molecule has 8 nitrogen and oxygen atoms in total. The number of aromatic nitrogens is 5. The van der Waals surface area contributed by atoms with E-state index in [1.165, 1.54) is 32.1 Å². The molecular formula is C18H29N7O. The zero-order valence-corrected chi connectivity index (χ0v) is 15.7. The van der Waals surface area contributed by atoms with E-state index in [1.54, 1.807) is 12.5 Å². The lowest BCUT2D eigenvalue weighted by molar-refractivity contribution is 0.248. The van der Waals surface area contributed by atoms with Gasteiger partial charge in [-0.1, -0.05) is 26.2 Å². The van der Waals surface area contributed by atoms with Gasteiger partial charge in [0.25, 0.3) is 0 Å². The second-order valence-corrected chi connectivity index (χ2v) is 7.11. The van der Waals surface area contributed by atoms with E-state index < -0.39 is 0 Å². The third kappa shape index (κ3) is 4.62. The van der Waals surface area contributed by atoms with Crippen LogP contribution in [0, 0.1) is 5.92 Å². The molecule has 3 rings (SSSR count). The van der Waals surface area contributed by atoms with Crippen molar-refractivity contribution in [3.8, 4) is 0 Å². The monoisotopic (exact) mass is 359 g/mol. The van der Waals surface area contributed by atoms with Crippen LogP contribution in [0.2, 0.25) is 0 Å². The van der Waals surface area contributed by atoms with Gasteiger partial charge in [0.1, 0.15) is 12.1 Å². The number of urea groups is 1. The second-order valence-electron chi connectivity index (χ2n) is 7.11. The predicted octanol–water partition coefficient (Wildman–Crippen LogP) is 3.35. The molecule has 1 atom stereocenters. The Labute approximate surface area is 154 Å². The molecule has 8 heteroatoms. The van der Waals surface area contributed by atoms with Gasteiger partial charge in [-0.05, 0) is 32.1 Å². The van der Waals surface area contributed by atoms with Crippen molar-refractivity contribution < 1.29 is 4.79 Å².